The standard InChI is InChI=1S/C9H8/c1-3-8-5-2-6-9(4-1)7-8/h1-6H,7H2. The summed E-state index contributed by atoms with van der Waals surface area (Å²) in [6.45, 7) is 0. The Bertz CT molecular complexity index is 211. The van der Waals surface area contributed by atoms with Gasteiger partial charge in [0.15, 0.2) is 0 Å². The summed E-state index contributed by atoms with van der Waals surface area (Å²) in [5, 5.41) is 0. The highest BCUT2D eigenvalue weighted by Crippen LogP contribution is 2.22. The van der Waals surface area contributed by atoms with Crippen molar-refractivity contribution in [1.82, 2.24) is 0 Å². The van der Waals surface area contributed by atoms with Gasteiger partial charge in [0.2, 0.25) is 0 Å². The molecule has 0 aromatic heterocycles. The predicted octanol–water partition coefficient (Wildman–Crippen LogP) is 2.37. The Labute approximate surface area is 54.9 Å². The summed E-state index contributed by atoms with van der Waals surface area (Å²) in [5.74, 6) is 0. The number of hydrogen-bond donors (Lipinski definition) is 0. The van der Waals surface area contributed by atoms with E-state index in [4.69, 9.17) is 0 Å². The minimum atomic E-state index is 1.13. The zero-order chi connectivity index (χ0) is 6.10. The molecule has 0 saturated carbocycles. The van der Waals surface area contributed by atoms with Crippen LogP contribution in [0.5, 0.6) is 0 Å². The minimum absolute atomic E-state index is 1.13. The molecule has 0 heteroatoms. The zero-order valence-electron chi connectivity index (χ0n) is 5.17. The van der Waals surface area contributed by atoms with Crippen molar-refractivity contribution in [3.63, 3.8) is 0 Å². The molecule has 0 N–H and O–H groups in total. The molecule has 0 heterocycles. The molecule has 0 saturated heterocycles. The summed E-state index contributed by atoms with van der Waals surface area (Å²) in [6.07, 6.45) is 14.0. The number of rotatable bonds is 0. The number of fused-ring (bicyclic) bond motifs is 2. The van der Waals surface area contributed by atoms with Crippen LogP contribution in [-0.2, 0) is 0 Å². The molecule has 44 valence electrons. The van der Waals surface area contributed by atoms with Gasteiger partial charge in [-0.05, 0) is 17.6 Å². The molecule has 0 aliphatic heterocycles. The van der Waals surface area contributed by atoms with Crippen LogP contribution in [0.2, 0.25) is 0 Å². The predicted molar refractivity (Wildman–Crippen MR) is 39.1 cm³/mol. The average molecular weight is 116 g/mol. The Hall–Kier alpha value is -1.04. The lowest BCUT2D eigenvalue weighted by atomic mass is 9.96. The van der Waals surface area contributed by atoms with Gasteiger partial charge in [-0.3, -0.25) is 0 Å². The second kappa shape index (κ2) is 1.73. The highest BCUT2D eigenvalue weighted by molar-refractivity contribution is 5.45. The van der Waals surface area contributed by atoms with Crippen molar-refractivity contribution in [2.45, 2.75) is 6.42 Å². The van der Waals surface area contributed by atoms with Crippen molar-refractivity contribution in [2.24, 2.45) is 0 Å². The van der Waals surface area contributed by atoms with Crippen molar-refractivity contribution in [2.75, 3.05) is 0 Å². The van der Waals surface area contributed by atoms with E-state index in [2.05, 4.69) is 36.5 Å². The summed E-state index contributed by atoms with van der Waals surface area (Å²) in [6, 6.07) is 0. The van der Waals surface area contributed by atoms with E-state index in [1.807, 2.05) is 0 Å². The normalized spacial score (nSPS) is 21.3. The molecule has 0 aromatic rings. The van der Waals surface area contributed by atoms with Gasteiger partial charge in [-0.25, -0.2) is 0 Å². The van der Waals surface area contributed by atoms with Gasteiger partial charge in [0.1, 0.15) is 0 Å². The molecule has 0 unspecified atom stereocenters. The van der Waals surface area contributed by atoms with Gasteiger partial charge >= 0.3 is 0 Å². The van der Waals surface area contributed by atoms with Gasteiger partial charge in [-0.2, -0.15) is 0 Å². The van der Waals surface area contributed by atoms with Crippen molar-refractivity contribution in [3.8, 4) is 0 Å². The molecular formula is C9H8. The zero-order valence-corrected chi connectivity index (χ0v) is 5.17. The molecule has 0 spiro atoms. The lowest BCUT2D eigenvalue weighted by Crippen LogP contribution is -1.90. The maximum Gasteiger partial charge on any atom is -0.00258 e. The van der Waals surface area contributed by atoms with Crippen LogP contribution >= 0.6 is 0 Å². The largest absolute Gasteiger partial charge is 0.0617 e. The van der Waals surface area contributed by atoms with Crippen LogP contribution in [0.1, 0.15) is 6.42 Å². The molecule has 0 atom stereocenters. The molecule has 0 amide bonds. The second-order valence-electron chi connectivity index (χ2n) is 2.38. The fraction of sp³-hybridized carbons (Fsp3) is 0.111. The van der Waals surface area contributed by atoms with E-state index in [0.29, 0.717) is 0 Å². The Morgan fingerprint density at radius 1 is 0.889 bits per heavy atom. The van der Waals surface area contributed by atoms with Crippen molar-refractivity contribution in [3.05, 3.63) is 47.6 Å². The first-order valence-electron chi connectivity index (χ1n) is 3.20. The lowest BCUT2D eigenvalue weighted by molar-refractivity contribution is 1.17. The highest BCUT2D eigenvalue weighted by Gasteiger charge is 2.02. The first kappa shape index (κ1) is 4.80. The summed E-state index contributed by atoms with van der Waals surface area (Å²) in [5.41, 5.74) is 2.85. The van der Waals surface area contributed by atoms with Gasteiger partial charge < -0.3 is 0 Å². The molecule has 0 nitrogen and oxygen atoms in total. The van der Waals surface area contributed by atoms with E-state index in [0.717, 1.165) is 6.42 Å². The van der Waals surface area contributed by atoms with Gasteiger partial charge in [-0.15, -0.1) is 0 Å². The third-order valence-electron chi connectivity index (χ3n) is 1.65. The average Bonchev–Trinajstić information content (AvgIpc) is 1.88. The first-order valence-corrected chi connectivity index (χ1v) is 3.20. The SMILES string of the molecule is C1=CC2=CC=CC(=C1)C2. The summed E-state index contributed by atoms with van der Waals surface area (Å²) < 4.78 is 0. The maximum atomic E-state index is 2.16. The third-order valence-corrected chi connectivity index (χ3v) is 1.65. The Balaban J connectivity index is 2.50. The topological polar surface area (TPSA) is 0 Å². The van der Waals surface area contributed by atoms with Gasteiger partial charge in [-0.1, -0.05) is 36.5 Å². The Kier molecular flexibility index (Phi) is 0.922. The van der Waals surface area contributed by atoms with Crippen molar-refractivity contribution < 1.29 is 0 Å². The molecule has 2 bridgehead atoms. The van der Waals surface area contributed by atoms with E-state index in [1.54, 1.807) is 0 Å². The van der Waals surface area contributed by atoms with Gasteiger partial charge in [0.25, 0.3) is 0 Å². The molecule has 2 rings (SSSR count). The molecule has 2 aliphatic carbocycles. The van der Waals surface area contributed by atoms with Crippen LogP contribution in [0.3, 0.4) is 0 Å². The monoisotopic (exact) mass is 116 g/mol. The van der Waals surface area contributed by atoms with E-state index in [-0.39, 0.29) is 0 Å². The Morgan fingerprint density at radius 2 is 1.44 bits per heavy atom. The molecule has 0 aromatic carbocycles. The van der Waals surface area contributed by atoms with Crippen LogP contribution < -0.4 is 0 Å². The molecule has 9 heavy (non-hydrogen) atoms. The van der Waals surface area contributed by atoms with E-state index >= 15 is 0 Å². The smallest absolute Gasteiger partial charge is 0.00258 e. The Morgan fingerprint density at radius 3 is 1.89 bits per heavy atom. The third kappa shape index (κ3) is 0.765. The summed E-state index contributed by atoms with van der Waals surface area (Å²) >= 11 is 0. The van der Waals surface area contributed by atoms with E-state index in [1.165, 1.54) is 11.1 Å². The fourth-order valence-electron chi connectivity index (χ4n) is 1.17. The van der Waals surface area contributed by atoms with Crippen LogP contribution in [0.25, 0.3) is 0 Å². The fourth-order valence-corrected chi connectivity index (χ4v) is 1.17. The van der Waals surface area contributed by atoms with Crippen molar-refractivity contribution >= 4 is 0 Å². The van der Waals surface area contributed by atoms with Crippen LogP contribution in [-0.4, -0.2) is 0 Å². The first-order chi connectivity index (χ1) is 4.45. The minimum Gasteiger partial charge on any atom is -0.0617 e. The van der Waals surface area contributed by atoms with E-state index < -0.39 is 0 Å². The lowest BCUT2D eigenvalue weighted by Gasteiger charge is -2.10. The van der Waals surface area contributed by atoms with Gasteiger partial charge in [0, 0.05) is 0 Å². The second-order valence-corrected chi connectivity index (χ2v) is 2.38. The number of allylic oxidation sites excluding steroid dienone is 8. The number of hydrogen-bond acceptors (Lipinski definition) is 0. The summed E-state index contributed by atoms with van der Waals surface area (Å²) in [4.78, 5) is 0. The van der Waals surface area contributed by atoms with Crippen molar-refractivity contribution in [1.29, 1.82) is 0 Å². The molecular weight excluding hydrogens is 108 g/mol. The van der Waals surface area contributed by atoms with Crippen LogP contribution in [0.4, 0.5) is 0 Å². The highest BCUT2D eigenvalue weighted by atomic mass is 14.1. The molecule has 0 radical (unpaired) electrons. The van der Waals surface area contributed by atoms with Gasteiger partial charge in [0.05, 0.1) is 0 Å². The molecule has 2 aliphatic rings. The van der Waals surface area contributed by atoms with Crippen LogP contribution in [0.15, 0.2) is 47.6 Å². The van der Waals surface area contributed by atoms with E-state index in [9.17, 15) is 0 Å². The van der Waals surface area contributed by atoms with Crippen LogP contribution in [0, 0.1) is 0 Å². The maximum absolute atomic E-state index is 2.16. The summed E-state index contributed by atoms with van der Waals surface area (Å²) in [7, 11) is 0. The quantitative estimate of drug-likeness (QED) is 0.455. The molecule has 0 fully saturated rings.